The van der Waals surface area contributed by atoms with E-state index < -0.39 is 0 Å². The van der Waals surface area contributed by atoms with Crippen LogP contribution >= 0.6 is 15.9 Å². The summed E-state index contributed by atoms with van der Waals surface area (Å²) in [6.45, 7) is 2.77. The molecule has 0 bridgehead atoms. The molecule has 0 radical (unpaired) electrons. The second kappa shape index (κ2) is 4.80. The zero-order valence-electron chi connectivity index (χ0n) is 9.25. The third-order valence-electron chi connectivity index (χ3n) is 2.41. The number of rotatable bonds is 3. The van der Waals surface area contributed by atoms with Gasteiger partial charge in [-0.1, -0.05) is 22.0 Å². The smallest absolute Gasteiger partial charge is 0.181 e. The van der Waals surface area contributed by atoms with Gasteiger partial charge in [0.15, 0.2) is 12.2 Å². The Morgan fingerprint density at radius 2 is 2.25 bits per heavy atom. The molecule has 4 heteroatoms. The van der Waals surface area contributed by atoms with Crippen molar-refractivity contribution in [3.8, 4) is 11.3 Å². The van der Waals surface area contributed by atoms with Crippen molar-refractivity contribution >= 4 is 15.9 Å². The predicted octanol–water partition coefficient (Wildman–Crippen LogP) is 3.13. The van der Waals surface area contributed by atoms with Crippen molar-refractivity contribution in [2.24, 2.45) is 0 Å². The van der Waals surface area contributed by atoms with Crippen molar-refractivity contribution in [3.63, 3.8) is 0 Å². The van der Waals surface area contributed by atoms with E-state index in [0.717, 1.165) is 21.5 Å². The first-order valence-electron chi connectivity index (χ1n) is 5.06. The van der Waals surface area contributed by atoms with Gasteiger partial charge >= 0.3 is 0 Å². The molecule has 1 N–H and O–H groups in total. The quantitative estimate of drug-likeness (QED) is 0.939. The van der Waals surface area contributed by atoms with Gasteiger partial charge in [-0.05, 0) is 31.7 Å². The Bertz CT molecular complexity index is 494. The predicted molar refractivity (Wildman–Crippen MR) is 67.1 cm³/mol. The molecule has 1 heterocycles. The van der Waals surface area contributed by atoms with Crippen LogP contribution in [0.15, 0.2) is 33.5 Å². The maximum atomic E-state index is 5.43. The number of benzene rings is 1. The fourth-order valence-electron chi connectivity index (χ4n) is 1.58. The van der Waals surface area contributed by atoms with Gasteiger partial charge in [0.05, 0.1) is 0 Å². The maximum Gasteiger partial charge on any atom is 0.181 e. The number of oxazole rings is 1. The molecule has 0 atom stereocenters. The van der Waals surface area contributed by atoms with Crippen molar-refractivity contribution < 1.29 is 4.42 Å². The summed E-state index contributed by atoms with van der Waals surface area (Å²) >= 11 is 3.48. The molecule has 0 aliphatic heterocycles. The molecule has 0 saturated carbocycles. The zero-order valence-corrected chi connectivity index (χ0v) is 10.8. The Kier molecular flexibility index (Phi) is 3.41. The summed E-state index contributed by atoms with van der Waals surface area (Å²) in [7, 11) is 1.89. The summed E-state index contributed by atoms with van der Waals surface area (Å²) in [6, 6.07) is 6.14. The third-order valence-corrected chi connectivity index (χ3v) is 3.30. The van der Waals surface area contributed by atoms with Gasteiger partial charge in [0, 0.05) is 16.6 Å². The highest BCUT2D eigenvalue weighted by molar-refractivity contribution is 9.10. The van der Waals surface area contributed by atoms with Gasteiger partial charge in [-0.25, -0.2) is 4.98 Å². The van der Waals surface area contributed by atoms with Crippen LogP contribution in [-0.4, -0.2) is 12.0 Å². The van der Waals surface area contributed by atoms with Gasteiger partial charge in [0.25, 0.3) is 0 Å². The highest BCUT2D eigenvalue weighted by Gasteiger charge is 2.10. The first kappa shape index (κ1) is 11.4. The first-order valence-corrected chi connectivity index (χ1v) is 5.85. The summed E-state index contributed by atoms with van der Waals surface area (Å²) in [6.07, 6.45) is 1.49. The molecule has 1 aromatic heterocycles. The Balaban J connectivity index is 2.42. The number of aryl methyl sites for hydroxylation is 1. The fourth-order valence-corrected chi connectivity index (χ4v) is 1.83. The van der Waals surface area contributed by atoms with Gasteiger partial charge in [-0.15, -0.1) is 0 Å². The highest BCUT2D eigenvalue weighted by atomic mass is 79.9. The maximum absolute atomic E-state index is 5.43. The van der Waals surface area contributed by atoms with Crippen LogP contribution < -0.4 is 5.32 Å². The summed E-state index contributed by atoms with van der Waals surface area (Å²) in [5.41, 5.74) is 3.18. The number of halogens is 1. The fraction of sp³-hybridized carbons (Fsp3) is 0.250. The number of hydrogen-bond donors (Lipinski definition) is 1. The van der Waals surface area contributed by atoms with Crippen molar-refractivity contribution in [1.82, 2.24) is 10.3 Å². The lowest BCUT2D eigenvalue weighted by molar-refractivity contribution is 0.570. The molecule has 1 aromatic carbocycles. The summed E-state index contributed by atoms with van der Waals surface area (Å²) in [5.74, 6) is 0.838. The van der Waals surface area contributed by atoms with Crippen molar-refractivity contribution in [1.29, 1.82) is 0 Å². The Hall–Kier alpha value is -1.13. The largest absolute Gasteiger partial charge is 0.443 e. The van der Waals surface area contributed by atoms with Crippen LogP contribution in [0.5, 0.6) is 0 Å². The monoisotopic (exact) mass is 280 g/mol. The Morgan fingerprint density at radius 3 is 2.94 bits per heavy atom. The lowest BCUT2D eigenvalue weighted by atomic mass is 10.1. The lowest BCUT2D eigenvalue weighted by Crippen LogP contribution is -2.06. The molecule has 0 spiro atoms. The molecule has 0 unspecified atom stereocenters. The van der Waals surface area contributed by atoms with Crippen LogP contribution in [0.4, 0.5) is 0 Å². The molecule has 0 aliphatic carbocycles. The second-order valence-electron chi connectivity index (χ2n) is 3.62. The van der Waals surface area contributed by atoms with Crippen LogP contribution in [0, 0.1) is 6.92 Å². The van der Waals surface area contributed by atoms with Crippen molar-refractivity contribution in [2.45, 2.75) is 13.5 Å². The van der Waals surface area contributed by atoms with Crippen LogP contribution in [0.2, 0.25) is 0 Å². The number of nitrogens with one attached hydrogen (secondary N) is 1. The van der Waals surface area contributed by atoms with E-state index in [4.69, 9.17) is 4.42 Å². The van der Waals surface area contributed by atoms with E-state index in [0.29, 0.717) is 6.54 Å². The molecule has 2 aromatic rings. The van der Waals surface area contributed by atoms with Gasteiger partial charge in [0.2, 0.25) is 0 Å². The Labute approximate surface area is 103 Å². The van der Waals surface area contributed by atoms with E-state index in [-0.39, 0.29) is 0 Å². The molecular weight excluding hydrogens is 268 g/mol. The minimum absolute atomic E-state index is 0.709. The standard InChI is InChI=1S/C12H13BrN2O/c1-8-5-9(3-4-10(8)13)12-11(6-14-2)15-7-16-12/h3-5,7,14H,6H2,1-2H3. The molecule has 0 fully saturated rings. The molecule has 3 nitrogen and oxygen atoms in total. The van der Waals surface area contributed by atoms with Crippen LogP contribution in [0.3, 0.4) is 0 Å². The number of aromatic nitrogens is 1. The Morgan fingerprint density at radius 1 is 1.44 bits per heavy atom. The van der Waals surface area contributed by atoms with E-state index in [2.05, 4.69) is 39.2 Å². The minimum Gasteiger partial charge on any atom is -0.443 e. The topological polar surface area (TPSA) is 38.1 Å². The van der Waals surface area contributed by atoms with E-state index >= 15 is 0 Å². The SMILES string of the molecule is CNCc1ncoc1-c1ccc(Br)c(C)c1. The molecule has 84 valence electrons. The van der Waals surface area contributed by atoms with Gasteiger partial charge in [-0.3, -0.25) is 0 Å². The van der Waals surface area contributed by atoms with Crippen molar-refractivity contribution in [2.75, 3.05) is 7.05 Å². The van der Waals surface area contributed by atoms with E-state index in [9.17, 15) is 0 Å². The lowest BCUT2D eigenvalue weighted by Gasteiger charge is -2.03. The van der Waals surface area contributed by atoms with E-state index in [1.54, 1.807) is 0 Å². The average molecular weight is 281 g/mol. The molecule has 2 rings (SSSR count). The van der Waals surface area contributed by atoms with Gasteiger partial charge in [-0.2, -0.15) is 0 Å². The van der Waals surface area contributed by atoms with Gasteiger partial charge in [0.1, 0.15) is 5.69 Å². The van der Waals surface area contributed by atoms with Gasteiger partial charge < -0.3 is 9.73 Å². The molecule has 16 heavy (non-hydrogen) atoms. The van der Waals surface area contributed by atoms with Crippen LogP contribution in [0.1, 0.15) is 11.3 Å². The normalized spacial score (nSPS) is 10.7. The van der Waals surface area contributed by atoms with E-state index in [1.807, 2.05) is 19.2 Å². The second-order valence-corrected chi connectivity index (χ2v) is 4.48. The van der Waals surface area contributed by atoms with Crippen molar-refractivity contribution in [3.05, 3.63) is 40.3 Å². The molecular formula is C12H13BrN2O. The molecule has 0 amide bonds. The summed E-state index contributed by atoms with van der Waals surface area (Å²) in [4.78, 5) is 4.19. The highest BCUT2D eigenvalue weighted by Crippen LogP contribution is 2.27. The summed E-state index contributed by atoms with van der Waals surface area (Å²) in [5, 5.41) is 3.07. The van der Waals surface area contributed by atoms with E-state index in [1.165, 1.54) is 12.0 Å². The number of hydrogen-bond acceptors (Lipinski definition) is 3. The first-order chi connectivity index (χ1) is 7.72. The molecule has 0 saturated heterocycles. The third kappa shape index (κ3) is 2.18. The zero-order chi connectivity index (χ0) is 11.5. The average Bonchev–Trinajstić information content (AvgIpc) is 2.71. The summed E-state index contributed by atoms with van der Waals surface area (Å²) < 4.78 is 6.53. The van der Waals surface area contributed by atoms with Crippen LogP contribution in [-0.2, 0) is 6.54 Å². The van der Waals surface area contributed by atoms with Crippen LogP contribution in [0.25, 0.3) is 11.3 Å². The minimum atomic E-state index is 0.709. The number of nitrogens with zero attached hydrogens (tertiary/aromatic N) is 1. The molecule has 0 aliphatic rings.